The average molecular weight is 289 g/mol. The number of nitrogens with one attached hydrogen (secondary N) is 1. The van der Waals surface area contributed by atoms with E-state index in [1.54, 1.807) is 6.92 Å². The van der Waals surface area contributed by atoms with Crippen molar-refractivity contribution in [3.8, 4) is 6.19 Å². The fourth-order valence-electron chi connectivity index (χ4n) is 1.88. The zero-order valence-electron chi connectivity index (χ0n) is 12.2. The summed E-state index contributed by atoms with van der Waals surface area (Å²) >= 11 is 0. The lowest BCUT2D eigenvalue weighted by Gasteiger charge is -2.21. The molecule has 1 rings (SSSR count). The van der Waals surface area contributed by atoms with Crippen LogP contribution in [0.2, 0.25) is 0 Å². The first-order valence-corrected chi connectivity index (χ1v) is 6.65. The molecule has 1 aromatic carbocycles. The van der Waals surface area contributed by atoms with Crippen LogP contribution in [0.15, 0.2) is 30.3 Å². The highest BCUT2D eigenvalue weighted by molar-refractivity contribution is 5.89. The van der Waals surface area contributed by atoms with E-state index in [2.05, 4.69) is 5.32 Å². The molecule has 1 N–H and O–H groups in total. The molecule has 0 bridgehead atoms. The maximum absolute atomic E-state index is 12.3. The van der Waals surface area contributed by atoms with Crippen LogP contribution in [0.4, 0.5) is 0 Å². The van der Waals surface area contributed by atoms with Crippen molar-refractivity contribution in [1.29, 1.82) is 5.26 Å². The molecule has 0 aliphatic rings. The van der Waals surface area contributed by atoms with Gasteiger partial charge in [0.2, 0.25) is 5.91 Å². The van der Waals surface area contributed by atoms with Gasteiger partial charge in [0, 0.05) is 20.1 Å². The molecule has 6 heteroatoms. The number of hydrogen-bond donors (Lipinski definition) is 1. The van der Waals surface area contributed by atoms with Crippen LogP contribution in [0, 0.1) is 11.5 Å². The Morgan fingerprint density at radius 1 is 1.38 bits per heavy atom. The van der Waals surface area contributed by atoms with Gasteiger partial charge in [0.05, 0.1) is 0 Å². The van der Waals surface area contributed by atoms with E-state index in [1.807, 2.05) is 36.5 Å². The number of benzene rings is 1. The lowest BCUT2D eigenvalue weighted by molar-refractivity contribution is -0.135. The number of rotatable bonds is 7. The quantitative estimate of drug-likeness (QED) is 0.591. The zero-order valence-corrected chi connectivity index (χ0v) is 12.2. The monoisotopic (exact) mass is 289 g/mol. The molecular formula is C15H19N3O3. The molecule has 21 heavy (non-hydrogen) atoms. The second-order valence-electron chi connectivity index (χ2n) is 4.43. The number of methoxy groups -OCH3 is 1. The SMILES string of the molecule is CCN(C#N)C(=O)C(Cc1ccccc1)NC(=O)COC. The summed E-state index contributed by atoms with van der Waals surface area (Å²) in [5.74, 6) is -0.811. The normalized spacial score (nSPS) is 11.3. The molecule has 2 amide bonds. The van der Waals surface area contributed by atoms with E-state index in [0.717, 1.165) is 10.5 Å². The van der Waals surface area contributed by atoms with Crippen molar-refractivity contribution < 1.29 is 14.3 Å². The Labute approximate surface area is 124 Å². The van der Waals surface area contributed by atoms with Crippen molar-refractivity contribution in [2.45, 2.75) is 19.4 Å². The molecule has 1 atom stereocenters. The van der Waals surface area contributed by atoms with Crippen molar-refractivity contribution >= 4 is 11.8 Å². The van der Waals surface area contributed by atoms with Gasteiger partial charge >= 0.3 is 0 Å². The van der Waals surface area contributed by atoms with Crippen molar-refractivity contribution in [3.63, 3.8) is 0 Å². The molecule has 0 aliphatic heterocycles. The van der Waals surface area contributed by atoms with Gasteiger partial charge in [-0.25, -0.2) is 4.90 Å². The summed E-state index contributed by atoms with van der Waals surface area (Å²) in [5, 5.41) is 11.6. The molecular weight excluding hydrogens is 270 g/mol. The summed E-state index contributed by atoms with van der Waals surface area (Å²) in [6, 6.07) is 8.54. The summed E-state index contributed by atoms with van der Waals surface area (Å²) in [5.41, 5.74) is 0.905. The van der Waals surface area contributed by atoms with Crippen LogP contribution in [-0.4, -0.2) is 43.0 Å². The second kappa shape index (κ2) is 8.72. The predicted octanol–water partition coefficient (Wildman–Crippen LogP) is 0.690. The third-order valence-corrected chi connectivity index (χ3v) is 2.89. The highest BCUT2D eigenvalue weighted by Crippen LogP contribution is 2.06. The molecule has 112 valence electrons. The number of hydrogen-bond acceptors (Lipinski definition) is 4. The highest BCUT2D eigenvalue weighted by atomic mass is 16.5. The van der Waals surface area contributed by atoms with Gasteiger partial charge in [-0.15, -0.1) is 0 Å². The molecule has 0 aromatic heterocycles. The average Bonchev–Trinajstić information content (AvgIpc) is 2.49. The Balaban J connectivity index is 2.86. The summed E-state index contributed by atoms with van der Waals surface area (Å²) < 4.78 is 4.75. The molecule has 0 aliphatic carbocycles. The topological polar surface area (TPSA) is 82.4 Å². The highest BCUT2D eigenvalue weighted by Gasteiger charge is 2.25. The molecule has 0 radical (unpaired) electrons. The minimum atomic E-state index is -0.783. The first-order valence-electron chi connectivity index (χ1n) is 6.65. The number of nitrogens with zero attached hydrogens (tertiary/aromatic N) is 2. The van der Waals surface area contributed by atoms with Crippen LogP contribution in [0.3, 0.4) is 0 Å². The van der Waals surface area contributed by atoms with Crippen LogP contribution >= 0.6 is 0 Å². The van der Waals surface area contributed by atoms with Crippen molar-refractivity contribution in [3.05, 3.63) is 35.9 Å². The predicted molar refractivity (Wildman–Crippen MR) is 77.0 cm³/mol. The third kappa shape index (κ3) is 5.24. The fourth-order valence-corrected chi connectivity index (χ4v) is 1.88. The van der Waals surface area contributed by atoms with Gasteiger partial charge in [-0.3, -0.25) is 9.59 Å². The fraction of sp³-hybridized carbons (Fsp3) is 0.400. The van der Waals surface area contributed by atoms with Crippen LogP contribution in [0.1, 0.15) is 12.5 Å². The van der Waals surface area contributed by atoms with Gasteiger partial charge in [-0.2, -0.15) is 5.26 Å². The lowest BCUT2D eigenvalue weighted by Crippen LogP contribution is -2.49. The van der Waals surface area contributed by atoms with Gasteiger partial charge in [-0.05, 0) is 12.5 Å². The van der Waals surface area contributed by atoms with E-state index in [-0.39, 0.29) is 19.1 Å². The second-order valence-corrected chi connectivity index (χ2v) is 4.43. The molecule has 0 heterocycles. The lowest BCUT2D eigenvalue weighted by atomic mass is 10.0. The Bertz CT molecular complexity index is 511. The number of carbonyl (C=O) groups is 2. The maximum atomic E-state index is 12.3. The van der Waals surface area contributed by atoms with E-state index in [9.17, 15) is 9.59 Å². The van der Waals surface area contributed by atoms with Crippen LogP contribution in [-0.2, 0) is 20.7 Å². The zero-order chi connectivity index (χ0) is 15.7. The molecule has 1 unspecified atom stereocenters. The van der Waals surface area contributed by atoms with Gasteiger partial charge in [-0.1, -0.05) is 30.3 Å². The number of ether oxygens (including phenoxy) is 1. The Kier molecular flexibility index (Phi) is 6.92. The van der Waals surface area contributed by atoms with Gasteiger partial charge in [0.25, 0.3) is 5.91 Å². The summed E-state index contributed by atoms with van der Waals surface area (Å²) in [4.78, 5) is 25.0. The molecule has 0 fully saturated rings. The van der Waals surface area contributed by atoms with Crippen molar-refractivity contribution in [1.82, 2.24) is 10.2 Å². The largest absolute Gasteiger partial charge is 0.375 e. The number of carbonyl (C=O) groups excluding carboxylic acids is 2. The standard InChI is InChI=1S/C15H19N3O3/c1-3-18(11-16)15(20)13(17-14(19)10-21-2)9-12-7-5-4-6-8-12/h4-8,13H,3,9-10H2,1-2H3,(H,17,19). The summed E-state index contributed by atoms with van der Waals surface area (Å²) in [6.45, 7) is 1.84. The maximum Gasteiger partial charge on any atom is 0.258 e. The molecule has 6 nitrogen and oxygen atoms in total. The van der Waals surface area contributed by atoms with E-state index in [4.69, 9.17) is 10.00 Å². The van der Waals surface area contributed by atoms with Crippen LogP contribution in [0.25, 0.3) is 0 Å². The molecule has 0 saturated carbocycles. The Morgan fingerprint density at radius 3 is 2.57 bits per heavy atom. The Hall–Kier alpha value is -2.39. The molecule has 0 spiro atoms. The Morgan fingerprint density at radius 2 is 2.05 bits per heavy atom. The number of amides is 2. The first kappa shape index (κ1) is 16.7. The number of nitriles is 1. The van der Waals surface area contributed by atoms with E-state index >= 15 is 0 Å². The minimum absolute atomic E-state index is 0.128. The smallest absolute Gasteiger partial charge is 0.258 e. The molecule has 0 saturated heterocycles. The van der Waals surface area contributed by atoms with Crippen molar-refractivity contribution in [2.75, 3.05) is 20.3 Å². The van der Waals surface area contributed by atoms with Gasteiger partial charge in [0.1, 0.15) is 12.6 Å². The van der Waals surface area contributed by atoms with E-state index < -0.39 is 11.9 Å². The summed E-state index contributed by atoms with van der Waals surface area (Å²) in [6.07, 6.45) is 2.15. The molecule has 1 aromatic rings. The third-order valence-electron chi connectivity index (χ3n) is 2.89. The van der Waals surface area contributed by atoms with E-state index in [1.165, 1.54) is 7.11 Å². The van der Waals surface area contributed by atoms with Crippen molar-refractivity contribution in [2.24, 2.45) is 0 Å². The summed E-state index contributed by atoms with van der Waals surface area (Å²) in [7, 11) is 1.40. The van der Waals surface area contributed by atoms with Gasteiger partial charge in [0.15, 0.2) is 6.19 Å². The van der Waals surface area contributed by atoms with Gasteiger partial charge < -0.3 is 10.1 Å². The van der Waals surface area contributed by atoms with Crippen LogP contribution in [0.5, 0.6) is 0 Å². The first-order chi connectivity index (χ1) is 10.1. The number of likely N-dealkylation sites (N-methyl/N-ethyl adjacent to an activating group) is 1. The minimum Gasteiger partial charge on any atom is -0.375 e. The van der Waals surface area contributed by atoms with Crippen LogP contribution < -0.4 is 5.32 Å². The van der Waals surface area contributed by atoms with E-state index in [0.29, 0.717) is 6.42 Å².